The minimum atomic E-state index is -4.11. The summed E-state index contributed by atoms with van der Waals surface area (Å²) in [6, 6.07) is 15.3. The maximum absolute atomic E-state index is 12.3. The van der Waals surface area contributed by atoms with Crippen molar-refractivity contribution >= 4 is 21.8 Å². The first-order chi connectivity index (χ1) is 12.3. The van der Waals surface area contributed by atoms with Crippen LogP contribution in [0.2, 0.25) is 0 Å². The minimum absolute atomic E-state index is 0.167. The van der Waals surface area contributed by atoms with E-state index in [-0.39, 0.29) is 22.8 Å². The fourth-order valence-corrected chi connectivity index (χ4v) is 3.39. The summed E-state index contributed by atoms with van der Waals surface area (Å²) in [5.41, 5.74) is 0.849. The lowest BCUT2D eigenvalue weighted by atomic mass is 10.0. The van der Waals surface area contributed by atoms with Gasteiger partial charge in [0.2, 0.25) is 11.8 Å². The summed E-state index contributed by atoms with van der Waals surface area (Å²) >= 11 is 0. The second-order valence-electron chi connectivity index (χ2n) is 5.54. The smallest absolute Gasteiger partial charge is 0.264 e. The predicted octanol–water partition coefficient (Wildman–Crippen LogP) is 1.63. The molecule has 2 aromatic carbocycles. The first-order valence-electron chi connectivity index (χ1n) is 7.69. The molecule has 0 aliphatic heterocycles. The third-order valence-electron chi connectivity index (χ3n) is 3.49. The van der Waals surface area contributed by atoms with Crippen molar-refractivity contribution in [3.63, 3.8) is 0 Å². The van der Waals surface area contributed by atoms with Gasteiger partial charge in [-0.05, 0) is 23.8 Å². The highest BCUT2D eigenvalue weighted by Crippen LogP contribution is 2.17. The highest BCUT2D eigenvalue weighted by atomic mass is 32.2. The fraction of sp³-hybridized carbons (Fsp3) is 0.167. The summed E-state index contributed by atoms with van der Waals surface area (Å²) in [7, 11) is -4.11. The van der Waals surface area contributed by atoms with Crippen molar-refractivity contribution in [1.82, 2.24) is 10.0 Å². The van der Waals surface area contributed by atoms with Gasteiger partial charge in [0.25, 0.3) is 10.0 Å². The average Bonchev–Trinajstić information content (AvgIpc) is 2.61. The lowest BCUT2D eigenvalue weighted by Crippen LogP contribution is -2.35. The summed E-state index contributed by atoms with van der Waals surface area (Å²) in [5, 5.41) is 11.5. The SMILES string of the molecule is CC(=O)NC(CC(=O)NS(=O)(=O)c1cccc(C#N)c1)c1ccccc1. The van der Waals surface area contributed by atoms with Crippen LogP contribution in [0, 0.1) is 11.3 Å². The number of carbonyl (C=O) groups excluding carboxylic acids is 2. The van der Waals surface area contributed by atoms with Crippen LogP contribution in [0.5, 0.6) is 0 Å². The zero-order valence-corrected chi connectivity index (χ0v) is 14.8. The molecule has 0 radical (unpaired) electrons. The molecule has 0 spiro atoms. The van der Waals surface area contributed by atoms with Crippen molar-refractivity contribution < 1.29 is 18.0 Å². The molecule has 2 N–H and O–H groups in total. The summed E-state index contributed by atoms with van der Waals surface area (Å²) in [6.45, 7) is 1.32. The average molecular weight is 371 g/mol. The lowest BCUT2D eigenvalue weighted by molar-refractivity contribution is -0.121. The summed E-state index contributed by atoms with van der Waals surface area (Å²) in [4.78, 5) is 23.5. The Labute approximate surface area is 151 Å². The molecular formula is C18H17N3O4S. The van der Waals surface area contributed by atoms with Crippen LogP contribution in [-0.2, 0) is 19.6 Å². The van der Waals surface area contributed by atoms with Crippen molar-refractivity contribution in [2.75, 3.05) is 0 Å². The zero-order chi connectivity index (χ0) is 19.2. The van der Waals surface area contributed by atoms with Gasteiger partial charge in [-0.25, -0.2) is 13.1 Å². The minimum Gasteiger partial charge on any atom is -0.349 e. The zero-order valence-electron chi connectivity index (χ0n) is 14.0. The first-order valence-corrected chi connectivity index (χ1v) is 9.18. The molecule has 0 saturated heterocycles. The van der Waals surface area contributed by atoms with Crippen molar-refractivity contribution in [1.29, 1.82) is 5.26 Å². The highest BCUT2D eigenvalue weighted by molar-refractivity contribution is 7.90. The molecule has 0 aliphatic carbocycles. The van der Waals surface area contributed by atoms with Crippen LogP contribution in [0.3, 0.4) is 0 Å². The Bertz CT molecular complexity index is 950. The van der Waals surface area contributed by atoms with E-state index in [2.05, 4.69) is 5.32 Å². The van der Waals surface area contributed by atoms with Gasteiger partial charge in [0.15, 0.2) is 0 Å². The van der Waals surface area contributed by atoms with Crippen LogP contribution in [0.15, 0.2) is 59.5 Å². The van der Waals surface area contributed by atoms with Gasteiger partial charge in [0, 0.05) is 6.92 Å². The Morgan fingerprint density at radius 1 is 1.12 bits per heavy atom. The number of sulfonamides is 1. The summed E-state index contributed by atoms with van der Waals surface area (Å²) < 4.78 is 26.6. The second kappa shape index (κ2) is 8.27. The molecular weight excluding hydrogens is 354 g/mol. The lowest BCUT2D eigenvalue weighted by Gasteiger charge is -2.18. The number of hydrogen-bond acceptors (Lipinski definition) is 5. The quantitative estimate of drug-likeness (QED) is 0.800. The van der Waals surface area contributed by atoms with Crippen LogP contribution in [-0.4, -0.2) is 20.2 Å². The molecule has 0 aliphatic rings. The molecule has 0 saturated carbocycles. The van der Waals surface area contributed by atoms with E-state index in [9.17, 15) is 18.0 Å². The maximum atomic E-state index is 12.3. The molecule has 8 heteroatoms. The van der Waals surface area contributed by atoms with Crippen LogP contribution in [0.4, 0.5) is 0 Å². The van der Waals surface area contributed by atoms with Gasteiger partial charge in [0.1, 0.15) is 0 Å². The third kappa shape index (κ3) is 5.16. The Morgan fingerprint density at radius 2 is 1.81 bits per heavy atom. The maximum Gasteiger partial charge on any atom is 0.264 e. The van der Waals surface area contributed by atoms with Crippen molar-refractivity contribution in [2.45, 2.75) is 24.3 Å². The molecule has 1 atom stereocenters. The Morgan fingerprint density at radius 3 is 2.42 bits per heavy atom. The van der Waals surface area contributed by atoms with E-state index in [0.717, 1.165) is 0 Å². The normalized spacial score (nSPS) is 11.8. The summed E-state index contributed by atoms with van der Waals surface area (Å²) in [6.07, 6.45) is -0.249. The third-order valence-corrected chi connectivity index (χ3v) is 4.86. The van der Waals surface area contributed by atoms with Crippen molar-refractivity contribution in [3.8, 4) is 6.07 Å². The first kappa shape index (κ1) is 19.1. The van der Waals surface area contributed by atoms with Crippen LogP contribution in [0.1, 0.15) is 30.5 Å². The molecule has 26 heavy (non-hydrogen) atoms. The molecule has 7 nitrogen and oxygen atoms in total. The van der Waals surface area contributed by atoms with Gasteiger partial charge in [-0.3, -0.25) is 9.59 Å². The highest BCUT2D eigenvalue weighted by Gasteiger charge is 2.22. The number of nitrogens with one attached hydrogen (secondary N) is 2. The number of rotatable bonds is 6. The monoisotopic (exact) mass is 371 g/mol. The Kier molecular flexibility index (Phi) is 6.09. The number of amides is 2. The fourth-order valence-electron chi connectivity index (χ4n) is 2.35. The molecule has 0 heterocycles. The van der Waals surface area contributed by atoms with Gasteiger partial charge in [0.05, 0.1) is 29.0 Å². The molecule has 2 aromatic rings. The van der Waals surface area contributed by atoms with Gasteiger partial charge >= 0.3 is 0 Å². The van der Waals surface area contributed by atoms with Crippen LogP contribution >= 0.6 is 0 Å². The van der Waals surface area contributed by atoms with Crippen LogP contribution in [0.25, 0.3) is 0 Å². The van der Waals surface area contributed by atoms with E-state index in [4.69, 9.17) is 5.26 Å². The van der Waals surface area contributed by atoms with Gasteiger partial charge in [-0.1, -0.05) is 36.4 Å². The standard InChI is InChI=1S/C18H17N3O4S/c1-13(22)20-17(15-7-3-2-4-8-15)11-18(23)21-26(24,25)16-9-5-6-14(10-16)12-19/h2-10,17H,11H2,1H3,(H,20,22)(H,21,23). The van der Waals surface area contributed by atoms with E-state index >= 15 is 0 Å². The molecule has 0 aromatic heterocycles. The van der Waals surface area contributed by atoms with E-state index < -0.39 is 22.0 Å². The molecule has 134 valence electrons. The molecule has 2 rings (SSSR count). The predicted molar refractivity (Wildman–Crippen MR) is 94.1 cm³/mol. The largest absolute Gasteiger partial charge is 0.349 e. The molecule has 2 amide bonds. The number of carbonyl (C=O) groups is 2. The van der Waals surface area contributed by atoms with Gasteiger partial charge < -0.3 is 5.32 Å². The van der Waals surface area contributed by atoms with E-state index in [0.29, 0.717) is 5.56 Å². The van der Waals surface area contributed by atoms with E-state index in [1.54, 1.807) is 30.3 Å². The second-order valence-corrected chi connectivity index (χ2v) is 7.22. The molecule has 0 fully saturated rings. The summed E-state index contributed by atoms with van der Waals surface area (Å²) in [5.74, 6) is -1.11. The number of hydrogen-bond donors (Lipinski definition) is 2. The topological polar surface area (TPSA) is 116 Å². The number of nitriles is 1. The van der Waals surface area contributed by atoms with Gasteiger partial charge in [-0.15, -0.1) is 0 Å². The Balaban J connectivity index is 2.16. The number of nitrogens with zero attached hydrogens (tertiary/aromatic N) is 1. The van der Waals surface area contributed by atoms with Crippen LogP contribution < -0.4 is 10.0 Å². The molecule has 0 bridgehead atoms. The molecule has 1 unspecified atom stereocenters. The van der Waals surface area contributed by atoms with Crippen molar-refractivity contribution in [3.05, 3.63) is 65.7 Å². The van der Waals surface area contributed by atoms with E-state index in [1.165, 1.54) is 31.2 Å². The van der Waals surface area contributed by atoms with Gasteiger partial charge in [-0.2, -0.15) is 5.26 Å². The van der Waals surface area contributed by atoms with E-state index in [1.807, 2.05) is 10.8 Å². The van der Waals surface area contributed by atoms with Crippen molar-refractivity contribution in [2.24, 2.45) is 0 Å². The Hall–Kier alpha value is -3.18. The number of benzene rings is 2.